The van der Waals surface area contributed by atoms with E-state index in [1.165, 1.54) is 0 Å². The van der Waals surface area contributed by atoms with Crippen molar-refractivity contribution in [1.82, 2.24) is 4.90 Å². The number of allylic oxidation sites excluding steroid dienone is 1. The van der Waals surface area contributed by atoms with Crippen LogP contribution in [0.5, 0.6) is 0 Å². The first-order chi connectivity index (χ1) is 5.16. The number of carboxylic acids is 1. The molecule has 1 rings (SSSR count). The van der Waals surface area contributed by atoms with Crippen molar-refractivity contribution in [1.29, 1.82) is 0 Å². The van der Waals surface area contributed by atoms with Crippen LogP contribution in [0.15, 0.2) is 11.3 Å². The third-order valence-corrected chi connectivity index (χ3v) is 1.92. The van der Waals surface area contributed by atoms with Crippen molar-refractivity contribution in [2.24, 2.45) is 0 Å². The highest BCUT2D eigenvalue weighted by atomic mass is 16.4. The number of aliphatic carboxylic acids is 1. The summed E-state index contributed by atoms with van der Waals surface area (Å²) in [7, 11) is 0. The van der Waals surface area contributed by atoms with E-state index in [0.717, 1.165) is 25.2 Å². The molecule has 1 aliphatic heterocycles. The van der Waals surface area contributed by atoms with Crippen LogP contribution in [-0.2, 0) is 4.79 Å². The lowest BCUT2D eigenvalue weighted by molar-refractivity contribution is -0.132. The normalized spacial score (nSPS) is 17.8. The zero-order valence-electron chi connectivity index (χ0n) is 6.92. The second-order valence-electron chi connectivity index (χ2n) is 2.72. The molecule has 0 bridgehead atoms. The van der Waals surface area contributed by atoms with Gasteiger partial charge in [-0.2, -0.15) is 0 Å². The quantitative estimate of drug-likeness (QED) is 0.489. The molecule has 1 heterocycles. The molecule has 0 aromatic heterocycles. The Hall–Kier alpha value is -0.990. The summed E-state index contributed by atoms with van der Waals surface area (Å²) >= 11 is 0. The summed E-state index contributed by atoms with van der Waals surface area (Å²) in [5.74, 6) is -0.797. The fourth-order valence-electron chi connectivity index (χ4n) is 1.17. The second-order valence-corrected chi connectivity index (χ2v) is 2.72. The van der Waals surface area contributed by atoms with Gasteiger partial charge >= 0.3 is 5.97 Å². The highest BCUT2D eigenvalue weighted by Crippen LogP contribution is 2.20. The third kappa shape index (κ3) is 1.73. The number of hydrogen-bond acceptors (Lipinski definition) is 2. The fraction of sp³-hybridized carbons (Fsp3) is 0.625. The molecular weight excluding hydrogens is 142 g/mol. The van der Waals surface area contributed by atoms with Crippen molar-refractivity contribution in [2.45, 2.75) is 20.3 Å². The van der Waals surface area contributed by atoms with Crippen LogP contribution >= 0.6 is 0 Å². The Morgan fingerprint density at radius 1 is 1.55 bits per heavy atom. The monoisotopic (exact) mass is 155 g/mol. The molecule has 1 aliphatic rings. The van der Waals surface area contributed by atoms with Crippen LogP contribution in [-0.4, -0.2) is 29.1 Å². The van der Waals surface area contributed by atoms with Crippen molar-refractivity contribution in [3.8, 4) is 0 Å². The Kier molecular flexibility index (Phi) is 2.17. The van der Waals surface area contributed by atoms with Crippen LogP contribution < -0.4 is 0 Å². The summed E-state index contributed by atoms with van der Waals surface area (Å²) in [6, 6.07) is 0. The van der Waals surface area contributed by atoms with E-state index in [-0.39, 0.29) is 0 Å². The maximum absolute atomic E-state index is 10.5. The van der Waals surface area contributed by atoms with Crippen LogP contribution in [0.4, 0.5) is 0 Å². The second kappa shape index (κ2) is 2.95. The number of rotatable bonds is 3. The van der Waals surface area contributed by atoms with Gasteiger partial charge in [-0.15, -0.1) is 0 Å². The lowest BCUT2D eigenvalue weighted by atomic mass is 10.2. The van der Waals surface area contributed by atoms with Gasteiger partial charge in [0.1, 0.15) is 0 Å². The van der Waals surface area contributed by atoms with Gasteiger partial charge < -0.3 is 10.0 Å². The number of nitrogens with zero attached hydrogens (tertiary/aromatic N) is 1. The van der Waals surface area contributed by atoms with Gasteiger partial charge in [0.25, 0.3) is 0 Å². The van der Waals surface area contributed by atoms with Gasteiger partial charge in [-0.25, -0.2) is 4.79 Å². The zero-order valence-corrected chi connectivity index (χ0v) is 6.92. The Balaban J connectivity index is 2.77. The van der Waals surface area contributed by atoms with E-state index in [1.54, 1.807) is 6.92 Å². The summed E-state index contributed by atoms with van der Waals surface area (Å²) in [4.78, 5) is 12.6. The molecule has 62 valence electrons. The highest BCUT2D eigenvalue weighted by Gasteiger charge is 2.22. The van der Waals surface area contributed by atoms with Crippen LogP contribution in [0.25, 0.3) is 0 Å². The van der Waals surface area contributed by atoms with E-state index in [4.69, 9.17) is 5.11 Å². The molecule has 1 saturated heterocycles. The van der Waals surface area contributed by atoms with E-state index >= 15 is 0 Å². The molecule has 1 fully saturated rings. The van der Waals surface area contributed by atoms with Crippen molar-refractivity contribution in [2.75, 3.05) is 13.1 Å². The lowest BCUT2D eigenvalue weighted by Crippen LogP contribution is -2.06. The lowest BCUT2D eigenvalue weighted by Gasteiger charge is -2.07. The predicted molar refractivity (Wildman–Crippen MR) is 42.2 cm³/mol. The van der Waals surface area contributed by atoms with Gasteiger partial charge in [0.15, 0.2) is 0 Å². The molecule has 0 spiro atoms. The molecule has 3 nitrogen and oxygen atoms in total. The molecule has 0 aliphatic carbocycles. The smallest absolute Gasteiger partial charge is 0.333 e. The molecule has 0 saturated carbocycles. The molecule has 11 heavy (non-hydrogen) atoms. The number of carbonyl (C=O) groups is 1. The molecular formula is C8H13NO2. The number of hydrogen-bond donors (Lipinski definition) is 1. The van der Waals surface area contributed by atoms with Crippen LogP contribution in [0.3, 0.4) is 0 Å². The minimum absolute atomic E-state index is 0.491. The Labute approximate surface area is 66.3 Å². The van der Waals surface area contributed by atoms with Crippen molar-refractivity contribution < 1.29 is 9.90 Å². The van der Waals surface area contributed by atoms with Gasteiger partial charge in [0.05, 0.1) is 5.57 Å². The van der Waals surface area contributed by atoms with Crippen molar-refractivity contribution in [3.63, 3.8) is 0 Å². The summed E-state index contributed by atoms with van der Waals surface area (Å²) in [6.07, 6.45) is 0.818. The topological polar surface area (TPSA) is 40.3 Å². The largest absolute Gasteiger partial charge is 0.478 e. The van der Waals surface area contributed by atoms with Crippen LogP contribution in [0.2, 0.25) is 0 Å². The van der Waals surface area contributed by atoms with Gasteiger partial charge in [-0.05, 0) is 13.3 Å². The van der Waals surface area contributed by atoms with E-state index in [2.05, 4.69) is 4.90 Å². The van der Waals surface area contributed by atoms with E-state index in [1.807, 2.05) is 6.92 Å². The van der Waals surface area contributed by atoms with Crippen molar-refractivity contribution >= 4 is 5.97 Å². The van der Waals surface area contributed by atoms with E-state index in [0.29, 0.717) is 5.57 Å². The highest BCUT2D eigenvalue weighted by molar-refractivity contribution is 5.86. The molecule has 0 atom stereocenters. The minimum Gasteiger partial charge on any atom is -0.478 e. The molecule has 0 radical (unpaired) electrons. The van der Waals surface area contributed by atoms with E-state index in [9.17, 15) is 4.79 Å². The van der Waals surface area contributed by atoms with Crippen molar-refractivity contribution in [3.05, 3.63) is 11.3 Å². The van der Waals surface area contributed by atoms with Gasteiger partial charge in [-0.1, -0.05) is 6.92 Å². The van der Waals surface area contributed by atoms with Crippen LogP contribution in [0.1, 0.15) is 20.3 Å². The molecule has 0 amide bonds. The molecule has 1 N–H and O–H groups in total. The maximum atomic E-state index is 10.5. The minimum atomic E-state index is -0.797. The first-order valence-corrected chi connectivity index (χ1v) is 3.84. The average molecular weight is 155 g/mol. The summed E-state index contributed by atoms with van der Waals surface area (Å²) in [5.41, 5.74) is 1.47. The van der Waals surface area contributed by atoms with Gasteiger partial charge in [0.2, 0.25) is 0 Å². The third-order valence-electron chi connectivity index (χ3n) is 1.92. The molecule has 0 unspecified atom stereocenters. The first kappa shape index (κ1) is 8.11. The summed E-state index contributed by atoms with van der Waals surface area (Å²) in [6.45, 7) is 5.70. The molecule has 0 aromatic carbocycles. The van der Waals surface area contributed by atoms with E-state index < -0.39 is 5.97 Å². The Morgan fingerprint density at radius 3 is 2.36 bits per heavy atom. The summed E-state index contributed by atoms with van der Waals surface area (Å²) < 4.78 is 0. The first-order valence-electron chi connectivity index (χ1n) is 3.84. The molecule has 0 aromatic rings. The summed E-state index contributed by atoms with van der Waals surface area (Å²) in [5, 5.41) is 8.68. The molecule has 3 heteroatoms. The van der Waals surface area contributed by atoms with Gasteiger partial charge in [-0.3, -0.25) is 0 Å². The number of carboxylic acid groups (broad SMARTS) is 1. The van der Waals surface area contributed by atoms with Crippen LogP contribution in [0, 0.1) is 0 Å². The van der Waals surface area contributed by atoms with Gasteiger partial charge in [0, 0.05) is 18.8 Å². The maximum Gasteiger partial charge on any atom is 0.333 e. The SMILES string of the molecule is CC/C(=C(/C)C(=O)O)N1CC1. The average Bonchev–Trinajstić information content (AvgIpc) is 2.72. The predicted octanol–water partition coefficient (Wildman–Crippen LogP) is 1.07. The Morgan fingerprint density at radius 2 is 2.09 bits per heavy atom. The standard InChI is InChI=1S/C8H13NO2/c1-3-7(9-4-5-9)6(2)8(10)11/h3-5H2,1-2H3,(H,10,11)/b7-6+. The fourth-order valence-corrected chi connectivity index (χ4v) is 1.17. The Bertz CT molecular complexity index is 204. The zero-order chi connectivity index (χ0) is 8.43.